The predicted molar refractivity (Wildman–Crippen MR) is 64.4 cm³/mol. The van der Waals surface area contributed by atoms with Gasteiger partial charge in [-0.2, -0.15) is 0 Å². The van der Waals surface area contributed by atoms with Crippen molar-refractivity contribution in [3.8, 4) is 0 Å². The maximum atomic E-state index is 8.70. The minimum Gasteiger partial charge on any atom is -0.396 e. The Morgan fingerprint density at radius 2 is 2.12 bits per heavy atom. The molecule has 1 aliphatic heterocycles. The SMILES string of the molecule is CC1(C)C(NCCCCCO)C2CCOC21. The Bertz CT molecular complexity index is 230. The summed E-state index contributed by atoms with van der Waals surface area (Å²) in [6.45, 7) is 6.97. The molecular formula is C13H25NO2. The lowest BCUT2D eigenvalue weighted by Crippen LogP contribution is -2.65. The van der Waals surface area contributed by atoms with Gasteiger partial charge < -0.3 is 15.2 Å². The highest BCUT2D eigenvalue weighted by Crippen LogP contribution is 2.51. The highest BCUT2D eigenvalue weighted by molar-refractivity contribution is 5.11. The minimum atomic E-state index is 0.304. The van der Waals surface area contributed by atoms with Crippen LogP contribution in [0.3, 0.4) is 0 Å². The number of aliphatic hydroxyl groups is 1. The first-order valence-corrected chi connectivity index (χ1v) is 6.64. The van der Waals surface area contributed by atoms with Crippen LogP contribution in [0.25, 0.3) is 0 Å². The van der Waals surface area contributed by atoms with Gasteiger partial charge in [0.15, 0.2) is 0 Å². The molecule has 3 heteroatoms. The Morgan fingerprint density at radius 1 is 1.31 bits per heavy atom. The monoisotopic (exact) mass is 227 g/mol. The van der Waals surface area contributed by atoms with E-state index in [-0.39, 0.29) is 0 Å². The highest BCUT2D eigenvalue weighted by Gasteiger charge is 2.58. The van der Waals surface area contributed by atoms with Crippen molar-refractivity contribution in [2.24, 2.45) is 11.3 Å². The molecule has 0 spiro atoms. The summed E-state index contributed by atoms with van der Waals surface area (Å²) in [4.78, 5) is 0. The lowest BCUT2D eigenvalue weighted by molar-refractivity contribution is -0.112. The van der Waals surface area contributed by atoms with Crippen molar-refractivity contribution in [3.05, 3.63) is 0 Å². The molecule has 0 aromatic carbocycles. The number of aliphatic hydroxyl groups excluding tert-OH is 1. The highest BCUT2D eigenvalue weighted by atomic mass is 16.5. The fourth-order valence-electron chi connectivity index (χ4n) is 3.41. The van der Waals surface area contributed by atoms with Gasteiger partial charge in [-0.25, -0.2) is 0 Å². The van der Waals surface area contributed by atoms with E-state index < -0.39 is 0 Å². The van der Waals surface area contributed by atoms with Gasteiger partial charge in [-0.3, -0.25) is 0 Å². The van der Waals surface area contributed by atoms with E-state index in [0.717, 1.165) is 31.9 Å². The number of hydrogen-bond donors (Lipinski definition) is 2. The lowest BCUT2D eigenvalue weighted by Gasteiger charge is -2.55. The Hall–Kier alpha value is -0.120. The third-order valence-electron chi connectivity index (χ3n) is 4.30. The quantitative estimate of drug-likeness (QED) is 0.677. The predicted octanol–water partition coefficient (Wildman–Crippen LogP) is 1.55. The van der Waals surface area contributed by atoms with Crippen LogP contribution in [0.5, 0.6) is 0 Å². The fraction of sp³-hybridized carbons (Fsp3) is 1.00. The van der Waals surface area contributed by atoms with E-state index in [9.17, 15) is 0 Å². The first kappa shape index (κ1) is 12.3. The number of unbranched alkanes of at least 4 members (excludes halogenated alkanes) is 2. The van der Waals surface area contributed by atoms with Crippen molar-refractivity contribution in [2.45, 2.75) is 51.7 Å². The number of rotatable bonds is 6. The second-order valence-corrected chi connectivity index (χ2v) is 5.78. The summed E-state index contributed by atoms with van der Waals surface area (Å²) in [5.41, 5.74) is 0.304. The van der Waals surface area contributed by atoms with Crippen LogP contribution < -0.4 is 5.32 Å². The van der Waals surface area contributed by atoms with E-state index in [2.05, 4.69) is 19.2 Å². The lowest BCUT2D eigenvalue weighted by atomic mass is 9.57. The van der Waals surface area contributed by atoms with Gasteiger partial charge in [0, 0.05) is 30.6 Å². The van der Waals surface area contributed by atoms with Crippen molar-refractivity contribution in [2.75, 3.05) is 19.8 Å². The summed E-state index contributed by atoms with van der Waals surface area (Å²) in [5.74, 6) is 0.743. The van der Waals surface area contributed by atoms with Gasteiger partial charge in [-0.05, 0) is 32.2 Å². The summed E-state index contributed by atoms with van der Waals surface area (Å²) >= 11 is 0. The zero-order chi connectivity index (χ0) is 11.6. The first-order valence-electron chi connectivity index (χ1n) is 6.64. The van der Waals surface area contributed by atoms with E-state index in [0.29, 0.717) is 24.2 Å². The van der Waals surface area contributed by atoms with Crippen LogP contribution in [0, 0.1) is 11.3 Å². The zero-order valence-electron chi connectivity index (χ0n) is 10.5. The summed E-state index contributed by atoms with van der Waals surface area (Å²) in [6.07, 6.45) is 4.95. The minimum absolute atomic E-state index is 0.304. The molecule has 2 fully saturated rings. The van der Waals surface area contributed by atoms with Crippen molar-refractivity contribution >= 4 is 0 Å². The van der Waals surface area contributed by atoms with E-state index in [1.165, 1.54) is 12.8 Å². The normalized spacial score (nSPS) is 35.8. The van der Waals surface area contributed by atoms with Gasteiger partial charge in [-0.1, -0.05) is 13.8 Å². The van der Waals surface area contributed by atoms with Crippen LogP contribution >= 0.6 is 0 Å². The van der Waals surface area contributed by atoms with Gasteiger partial charge in [0.25, 0.3) is 0 Å². The molecule has 3 nitrogen and oxygen atoms in total. The molecule has 2 aliphatic rings. The van der Waals surface area contributed by atoms with Crippen LogP contribution in [0.1, 0.15) is 39.5 Å². The molecule has 3 unspecified atom stereocenters. The van der Waals surface area contributed by atoms with Crippen LogP contribution in [0.2, 0.25) is 0 Å². The molecule has 0 amide bonds. The Morgan fingerprint density at radius 3 is 2.88 bits per heavy atom. The molecule has 0 aromatic heterocycles. The molecule has 0 aromatic rings. The standard InChI is InChI=1S/C13H25NO2/c1-13(2)11(10-6-9-16-12(10)13)14-7-4-3-5-8-15/h10-12,14-15H,3-9H2,1-2H3. The van der Waals surface area contributed by atoms with Crippen molar-refractivity contribution in [1.29, 1.82) is 0 Å². The Labute approximate surface area is 98.6 Å². The number of ether oxygens (including phenoxy) is 1. The average Bonchev–Trinajstić information content (AvgIpc) is 2.69. The van der Waals surface area contributed by atoms with E-state index in [4.69, 9.17) is 9.84 Å². The Kier molecular flexibility index (Phi) is 3.88. The van der Waals surface area contributed by atoms with Crippen molar-refractivity contribution in [1.82, 2.24) is 5.32 Å². The molecule has 2 rings (SSSR count). The second-order valence-electron chi connectivity index (χ2n) is 5.78. The van der Waals surface area contributed by atoms with Gasteiger partial charge in [0.1, 0.15) is 0 Å². The summed E-state index contributed by atoms with van der Waals surface area (Å²) in [7, 11) is 0. The second kappa shape index (κ2) is 5.03. The number of hydrogen-bond acceptors (Lipinski definition) is 3. The maximum Gasteiger partial charge on any atom is 0.0685 e. The van der Waals surface area contributed by atoms with Gasteiger partial charge >= 0.3 is 0 Å². The summed E-state index contributed by atoms with van der Waals surface area (Å²) in [6, 6.07) is 0.633. The van der Waals surface area contributed by atoms with Crippen LogP contribution in [-0.4, -0.2) is 37.0 Å². The third-order valence-corrected chi connectivity index (χ3v) is 4.30. The zero-order valence-corrected chi connectivity index (χ0v) is 10.5. The van der Waals surface area contributed by atoms with Gasteiger partial charge in [0.05, 0.1) is 6.10 Å². The van der Waals surface area contributed by atoms with Crippen molar-refractivity contribution < 1.29 is 9.84 Å². The number of fused-ring (bicyclic) bond motifs is 1. The van der Waals surface area contributed by atoms with Crippen molar-refractivity contribution in [3.63, 3.8) is 0 Å². The van der Waals surface area contributed by atoms with Crippen LogP contribution in [-0.2, 0) is 4.74 Å². The molecule has 94 valence electrons. The molecular weight excluding hydrogens is 202 g/mol. The van der Waals surface area contributed by atoms with Gasteiger partial charge in [-0.15, -0.1) is 0 Å². The van der Waals surface area contributed by atoms with Crippen LogP contribution in [0.15, 0.2) is 0 Å². The third kappa shape index (κ3) is 2.13. The molecule has 1 saturated heterocycles. The van der Waals surface area contributed by atoms with E-state index >= 15 is 0 Å². The topological polar surface area (TPSA) is 41.5 Å². The molecule has 2 N–H and O–H groups in total. The maximum absolute atomic E-state index is 8.70. The summed E-state index contributed by atoms with van der Waals surface area (Å²) < 4.78 is 5.77. The average molecular weight is 227 g/mol. The fourth-order valence-corrected chi connectivity index (χ4v) is 3.41. The number of nitrogens with one attached hydrogen (secondary N) is 1. The van der Waals surface area contributed by atoms with E-state index in [1.807, 2.05) is 0 Å². The van der Waals surface area contributed by atoms with E-state index in [1.54, 1.807) is 0 Å². The first-order chi connectivity index (χ1) is 7.68. The molecule has 0 bridgehead atoms. The molecule has 0 radical (unpaired) electrons. The molecule has 16 heavy (non-hydrogen) atoms. The molecule has 1 saturated carbocycles. The largest absolute Gasteiger partial charge is 0.396 e. The molecule has 1 heterocycles. The van der Waals surface area contributed by atoms with Crippen LogP contribution in [0.4, 0.5) is 0 Å². The molecule has 3 atom stereocenters. The molecule has 1 aliphatic carbocycles. The van der Waals surface area contributed by atoms with Gasteiger partial charge in [0.2, 0.25) is 0 Å². The summed E-state index contributed by atoms with van der Waals surface area (Å²) in [5, 5.41) is 12.4. The Balaban J connectivity index is 1.69. The smallest absolute Gasteiger partial charge is 0.0685 e.